The van der Waals surface area contributed by atoms with Crippen molar-refractivity contribution in [2.24, 2.45) is 23.2 Å². The van der Waals surface area contributed by atoms with Crippen molar-refractivity contribution in [3.05, 3.63) is 40.4 Å². The van der Waals surface area contributed by atoms with Crippen molar-refractivity contribution >= 4 is 27.9 Å². The van der Waals surface area contributed by atoms with Crippen molar-refractivity contribution < 1.29 is 4.79 Å². The van der Waals surface area contributed by atoms with E-state index in [1.165, 1.54) is 38.5 Å². The van der Waals surface area contributed by atoms with Crippen molar-refractivity contribution in [3.8, 4) is 0 Å². The zero-order chi connectivity index (χ0) is 15.9. The van der Waals surface area contributed by atoms with Crippen molar-refractivity contribution in [3.63, 3.8) is 0 Å². The van der Waals surface area contributed by atoms with Crippen LogP contribution in [0.5, 0.6) is 0 Å². The number of hydrogen-bond acceptors (Lipinski definition) is 1. The highest BCUT2D eigenvalue weighted by Gasteiger charge is 2.50. The smallest absolute Gasteiger partial charge is 0.244 e. The van der Waals surface area contributed by atoms with E-state index in [2.05, 4.69) is 21.2 Å². The molecule has 4 fully saturated rings. The molecule has 0 radical (unpaired) electrons. The second kappa shape index (κ2) is 6.08. The van der Waals surface area contributed by atoms with E-state index >= 15 is 0 Å². The van der Waals surface area contributed by atoms with E-state index in [-0.39, 0.29) is 5.91 Å². The van der Waals surface area contributed by atoms with Gasteiger partial charge in [0.15, 0.2) is 0 Å². The molecule has 0 spiro atoms. The molecular weight excluding hydrogens is 350 g/mol. The average Bonchev–Trinajstić information content (AvgIpc) is 2.50. The molecule has 0 atom stereocenters. The summed E-state index contributed by atoms with van der Waals surface area (Å²) in [6.45, 7) is 0.873. The third-order valence-corrected chi connectivity index (χ3v) is 6.57. The highest BCUT2D eigenvalue weighted by atomic mass is 79.9. The van der Waals surface area contributed by atoms with Crippen molar-refractivity contribution in [1.29, 1.82) is 0 Å². The lowest BCUT2D eigenvalue weighted by Gasteiger charge is -2.56. The van der Waals surface area contributed by atoms with Crippen LogP contribution >= 0.6 is 15.9 Å². The predicted octanol–water partition coefficient (Wildman–Crippen LogP) is 4.79. The molecule has 4 aliphatic carbocycles. The Balaban J connectivity index is 1.35. The van der Waals surface area contributed by atoms with Gasteiger partial charge < -0.3 is 5.32 Å². The lowest BCUT2D eigenvalue weighted by molar-refractivity contribution is -0.118. The van der Waals surface area contributed by atoms with Gasteiger partial charge in [-0.1, -0.05) is 28.1 Å². The van der Waals surface area contributed by atoms with E-state index in [1.807, 2.05) is 30.3 Å². The molecule has 1 aromatic carbocycles. The molecule has 4 bridgehead atoms. The summed E-state index contributed by atoms with van der Waals surface area (Å²) in [5, 5.41) is 3.19. The summed E-state index contributed by atoms with van der Waals surface area (Å²) in [7, 11) is 0. The van der Waals surface area contributed by atoms with E-state index < -0.39 is 0 Å². The van der Waals surface area contributed by atoms with Gasteiger partial charge in [0.05, 0.1) is 0 Å². The molecule has 2 nitrogen and oxygen atoms in total. The molecule has 0 aromatic heterocycles. The van der Waals surface area contributed by atoms with Crippen LogP contribution in [0.3, 0.4) is 0 Å². The fourth-order valence-electron chi connectivity index (χ4n) is 5.62. The van der Waals surface area contributed by atoms with Gasteiger partial charge in [0.2, 0.25) is 5.91 Å². The third-order valence-electron chi connectivity index (χ3n) is 6.08. The molecule has 23 heavy (non-hydrogen) atoms. The highest BCUT2D eigenvalue weighted by Crippen LogP contribution is 2.59. The van der Waals surface area contributed by atoms with E-state index in [1.54, 1.807) is 6.08 Å². The highest BCUT2D eigenvalue weighted by molar-refractivity contribution is 9.10. The molecule has 1 amide bonds. The number of benzene rings is 1. The standard InChI is InChI=1S/C20H24BrNO/c21-18-3-1-2-14(9-18)4-5-19(23)22-13-20-10-15-6-16(11-20)8-17(7-15)12-20/h1-5,9,15-17H,6-8,10-13H2,(H,22,23)/b5-4+. The summed E-state index contributed by atoms with van der Waals surface area (Å²) in [5.74, 6) is 2.86. The number of rotatable bonds is 4. The first-order valence-electron chi connectivity index (χ1n) is 8.82. The van der Waals surface area contributed by atoms with Gasteiger partial charge in [-0.3, -0.25) is 4.79 Å². The average molecular weight is 374 g/mol. The molecule has 0 unspecified atom stereocenters. The monoisotopic (exact) mass is 373 g/mol. The number of halogens is 1. The Morgan fingerprint density at radius 1 is 1.17 bits per heavy atom. The lowest BCUT2D eigenvalue weighted by Crippen LogP contribution is -2.51. The van der Waals surface area contributed by atoms with E-state index in [4.69, 9.17) is 0 Å². The van der Waals surface area contributed by atoms with Crippen molar-refractivity contribution in [1.82, 2.24) is 5.32 Å². The molecule has 4 saturated carbocycles. The number of carbonyl (C=O) groups excluding carboxylic acids is 1. The van der Waals surface area contributed by atoms with Crippen LogP contribution in [-0.4, -0.2) is 12.5 Å². The van der Waals surface area contributed by atoms with Gasteiger partial charge in [-0.15, -0.1) is 0 Å². The van der Waals surface area contributed by atoms with Crippen molar-refractivity contribution in [2.75, 3.05) is 6.54 Å². The Labute approximate surface area is 146 Å². The molecule has 4 aliphatic rings. The zero-order valence-corrected chi connectivity index (χ0v) is 15.0. The van der Waals surface area contributed by atoms with E-state index in [0.717, 1.165) is 34.3 Å². The molecule has 3 heteroatoms. The summed E-state index contributed by atoms with van der Waals surface area (Å²) in [5.41, 5.74) is 1.46. The second-order valence-electron chi connectivity index (χ2n) is 8.02. The fourth-order valence-corrected chi connectivity index (χ4v) is 6.04. The molecular formula is C20H24BrNO. The summed E-state index contributed by atoms with van der Waals surface area (Å²) in [6.07, 6.45) is 11.9. The van der Waals surface area contributed by atoms with Gasteiger partial charge in [0.25, 0.3) is 0 Å². The predicted molar refractivity (Wildman–Crippen MR) is 96.8 cm³/mol. The first-order valence-corrected chi connectivity index (χ1v) is 9.61. The fraction of sp³-hybridized carbons (Fsp3) is 0.550. The minimum atomic E-state index is 0.0423. The first kappa shape index (κ1) is 15.4. The van der Waals surface area contributed by atoms with E-state index in [0.29, 0.717) is 5.41 Å². The van der Waals surface area contributed by atoms with Crippen molar-refractivity contribution in [2.45, 2.75) is 38.5 Å². The summed E-state index contributed by atoms with van der Waals surface area (Å²) >= 11 is 3.46. The number of nitrogens with one attached hydrogen (secondary N) is 1. The molecule has 5 rings (SSSR count). The maximum absolute atomic E-state index is 12.2. The Kier molecular flexibility index (Phi) is 4.08. The molecule has 0 saturated heterocycles. The number of amides is 1. The van der Waals surface area contributed by atoms with Gasteiger partial charge in [-0.05, 0) is 85.5 Å². The molecule has 1 N–H and O–H groups in total. The van der Waals surface area contributed by atoms with Crippen LogP contribution in [0.25, 0.3) is 6.08 Å². The van der Waals surface area contributed by atoms with Crippen LogP contribution in [0.1, 0.15) is 44.1 Å². The minimum Gasteiger partial charge on any atom is -0.352 e. The quantitative estimate of drug-likeness (QED) is 0.754. The largest absolute Gasteiger partial charge is 0.352 e. The minimum absolute atomic E-state index is 0.0423. The van der Waals surface area contributed by atoms with Gasteiger partial charge in [0.1, 0.15) is 0 Å². The van der Waals surface area contributed by atoms with Crippen LogP contribution < -0.4 is 5.32 Å². The Morgan fingerprint density at radius 3 is 2.43 bits per heavy atom. The summed E-state index contributed by atoms with van der Waals surface area (Å²) in [6, 6.07) is 8.00. The number of carbonyl (C=O) groups is 1. The van der Waals surface area contributed by atoms with E-state index in [9.17, 15) is 4.79 Å². The van der Waals surface area contributed by atoms with Gasteiger partial charge in [-0.25, -0.2) is 0 Å². The van der Waals surface area contributed by atoms with Gasteiger partial charge in [0, 0.05) is 17.1 Å². The maximum Gasteiger partial charge on any atom is 0.244 e. The van der Waals surface area contributed by atoms with Crippen LogP contribution in [0.15, 0.2) is 34.8 Å². The normalized spacial score (nSPS) is 34.9. The van der Waals surface area contributed by atoms with Crippen LogP contribution in [0.4, 0.5) is 0 Å². The Bertz CT molecular complexity index is 601. The first-order chi connectivity index (χ1) is 11.1. The molecule has 0 heterocycles. The lowest BCUT2D eigenvalue weighted by atomic mass is 9.49. The SMILES string of the molecule is O=C(/C=C/c1cccc(Br)c1)NCC12CC3CC(CC(C3)C1)C2. The molecule has 122 valence electrons. The Hall–Kier alpha value is -1.09. The molecule has 0 aliphatic heterocycles. The summed E-state index contributed by atoms with van der Waals surface area (Å²) in [4.78, 5) is 12.2. The number of hydrogen-bond donors (Lipinski definition) is 1. The van der Waals surface area contributed by atoms with Crippen LogP contribution in [-0.2, 0) is 4.79 Å². The summed E-state index contributed by atoms with van der Waals surface area (Å²) < 4.78 is 1.04. The van der Waals surface area contributed by atoms with Crippen LogP contribution in [0.2, 0.25) is 0 Å². The van der Waals surface area contributed by atoms with Gasteiger partial charge in [-0.2, -0.15) is 0 Å². The van der Waals surface area contributed by atoms with Crippen LogP contribution in [0, 0.1) is 23.2 Å². The van der Waals surface area contributed by atoms with Gasteiger partial charge >= 0.3 is 0 Å². The molecule has 1 aromatic rings. The third kappa shape index (κ3) is 3.40. The topological polar surface area (TPSA) is 29.1 Å². The second-order valence-corrected chi connectivity index (χ2v) is 8.94. The zero-order valence-electron chi connectivity index (χ0n) is 13.4. The Morgan fingerprint density at radius 2 is 1.83 bits per heavy atom. The maximum atomic E-state index is 12.2.